The summed E-state index contributed by atoms with van der Waals surface area (Å²) in [6.07, 6.45) is 1.30. The molecule has 4 aromatic rings. The van der Waals surface area contributed by atoms with Gasteiger partial charge in [0.15, 0.2) is 6.61 Å². The highest BCUT2D eigenvalue weighted by Gasteiger charge is 2.18. The van der Waals surface area contributed by atoms with Crippen LogP contribution in [0.25, 0.3) is 10.8 Å². The van der Waals surface area contributed by atoms with Crippen LogP contribution in [0.2, 0.25) is 0 Å². The number of nitrogens with one attached hydrogen (secondary N) is 1. The van der Waals surface area contributed by atoms with Crippen LogP contribution in [0, 0.1) is 0 Å². The molecule has 11 heteroatoms. The van der Waals surface area contributed by atoms with Crippen LogP contribution in [0.1, 0.15) is 15.9 Å². The fourth-order valence-electron chi connectivity index (χ4n) is 3.54. The molecule has 1 N–H and O–H groups in total. The largest absolute Gasteiger partial charge is 0.497 e. The van der Waals surface area contributed by atoms with Crippen LogP contribution in [-0.4, -0.2) is 63.7 Å². The molecule has 3 aromatic carbocycles. The number of aromatic nitrogens is 4. The van der Waals surface area contributed by atoms with Crippen LogP contribution >= 0.6 is 0 Å². The number of carbonyl (C=O) groups is 3. The van der Waals surface area contributed by atoms with Gasteiger partial charge >= 0.3 is 5.97 Å². The Morgan fingerprint density at radius 1 is 1.03 bits per heavy atom. The summed E-state index contributed by atoms with van der Waals surface area (Å²) >= 11 is 0. The highest BCUT2D eigenvalue weighted by molar-refractivity contribution is 6.01. The van der Waals surface area contributed by atoms with E-state index in [-0.39, 0.29) is 23.7 Å². The molecule has 0 bridgehead atoms. The van der Waals surface area contributed by atoms with Gasteiger partial charge in [-0.2, -0.15) is 0 Å². The van der Waals surface area contributed by atoms with Gasteiger partial charge in [-0.05, 0) is 57.1 Å². The van der Waals surface area contributed by atoms with E-state index in [1.807, 2.05) is 36.4 Å². The first-order valence-corrected chi connectivity index (χ1v) is 11.0. The summed E-state index contributed by atoms with van der Waals surface area (Å²) in [5.74, 6) is -0.738. The maximum Gasteiger partial charge on any atom is 0.340 e. The average Bonchev–Trinajstić information content (AvgIpc) is 3.39. The minimum absolute atomic E-state index is 0.123. The quantitative estimate of drug-likeness (QED) is 0.356. The summed E-state index contributed by atoms with van der Waals surface area (Å²) < 4.78 is 11.7. The number of anilines is 1. The standard InChI is InChI=1S/C25H24N6O5/c1-30(13-17-7-8-19-12-20(35-2)10-9-18(19)11-17)24(33)15-36-25(34)21-5-3-4-6-22(21)27-23(32)14-31-16-26-28-29-31/h3-12,16H,13-15H2,1-2H3,(H,27,32). The topological polar surface area (TPSA) is 129 Å². The average molecular weight is 489 g/mol. The number of esters is 1. The summed E-state index contributed by atoms with van der Waals surface area (Å²) in [6.45, 7) is -0.211. The number of fused-ring (bicyclic) bond motifs is 1. The highest BCUT2D eigenvalue weighted by Crippen LogP contribution is 2.22. The zero-order valence-corrected chi connectivity index (χ0v) is 19.7. The summed E-state index contributed by atoms with van der Waals surface area (Å²) in [5, 5.41) is 15.3. The molecule has 36 heavy (non-hydrogen) atoms. The zero-order chi connectivity index (χ0) is 25.5. The molecule has 2 amide bonds. The Balaban J connectivity index is 1.33. The molecule has 184 valence electrons. The van der Waals surface area contributed by atoms with Crippen LogP contribution in [0.15, 0.2) is 67.0 Å². The van der Waals surface area contributed by atoms with Gasteiger partial charge in [0, 0.05) is 13.6 Å². The second kappa shape index (κ2) is 11.1. The lowest BCUT2D eigenvalue weighted by molar-refractivity contribution is -0.133. The van der Waals surface area contributed by atoms with Gasteiger partial charge in [0.25, 0.3) is 5.91 Å². The number of amides is 2. The molecule has 0 aliphatic rings. The third-order valence-electron chi connectivity index (χ3n) is 5.40. The van der Waals surface area contributed by atoms with Gasteiger partial charge in [-0.25, -0.2) is 9.48 Å². The molecular formula is C25H24N6O5. The number of rotatable bonds is 9. The van der Waals surface area contributed by atoms with Gasteiger partial charge < -0.3 is 19.7 Å². The van der Waals surface area contributed by atoms with E-state index in [9.17, 15) is 14.4 Å². The zero-order valence-electron chi connectivity index (χ0n) is 19.7. The molecule has 1 aromatic heterocycles. The minimum Gasteiger partial charge on any atom is -0.497 e. The van der Waals surface area contributed by atoms with Gasteiger partial charge in [-0.3, -0.25) is 9.59 Å². The van der Waals surface area contributed by atoms with E-state index >= 15 is 0 Å². The van der Waals surface area contributed by atoms with E-state index in [2.05, 4.69) is 20.8 Å². The van der Waals surface area contributed by atoms with Crippen LogP contribution in [0.4, 0.5) is 5.69 Å². The number of ether oxygens (including phenoxy) is 2. The lowest BCUT2D eigenvalue weighted by atomic mass is 10.1. The molecule has 0 spiro atoms. The number of hydrogen-bond donors (Lipinski definition) is 1. The Bertz CT molecular complexity index is 1390. The number of hydrogen-bond acceptors (Lipinski definition) is 8. The highest BCUT2D eigenvalue weighted by atomic mass is 16.5. The fraction of sp³-hybridized carbons (Fsp3) is 0.200. The molecule has 0 unspecified atom stereocenters. The predicted molar refractivity (Wildman–Crippen MR) is 130 cm³/mol. The maximum atomic E-state index is 12.7. The van der Waals surface area contributed by atoms with Gasteiger partial charge in [0.05, 0.1) is 18.4 Å². The first-order chi connectivity index (χ1) is 17.4. The van der Waals surface area contributed by atoms with Crippen LogP contribution in [0.5, 0.6) is 5.75 Å². The molecular weight excluding hydrogens is 464 g/mol. The van der Waals surface area contributed by atoms with Crippen LogP contribution in [0.3, 0.4) is 0 Å². The van der Waals surface area contributed by atoms with Crippen molar-refractivity contribution < 1.29 is 23.9 Å². The number of tetrazole rings is 1. The molecule has 1 heterocycles. The lowest BCUT2D eigenvalue weighted by Gasteiger charge is -2.18. The molecule has 0 saturated carbocycles. The number of carbonyl (C=O) groups excluding carboxylic acids is 3. The van der Waals surface area contributed by atoms with Crippen molar-refractivity contribution in [3.8, 4) is 5.75 Å². The molecule has 0 atom stereocenters. The number of para-hydroxylation sites is 1. The molecule has 0 radical (unpaired) electrons. The molecule has 11 nitrogen and oxygen atoms in total. The first kappa shape index (κ1) is 24.3. The Kier molecular flexibility index (Phi) is 7.49. The van der Waals surface area contributed by atoms with E-state index in [4.69, 9.17) is 9.47 Å². The van der Waals surface area contributed by atoms with Crippen molar-refractivity contribution in [2.24, 2.45) is 0 Å². The normalized spacial score (nSPS) is 10.6. The number of likely N-dealkylation sites (N-methyl/N-ethyl adjacent to an activating group) is 1. The van der Waals surface area contributed by atoms with E-state index in [0.717, 1.165) is 22.1 Å². The van der Waals surface area contributed by atoms with Gasteiger partial charge in [0.2, 0.25) is 5.91 Å². The van der Waals surface area contributed by atoms with Gasteiger partial charge in [-0.1, -0.05) is 30.3 Å². The van der Waals surface area contributed by atoms with Crippen molar-refractivity contribution in [3.05, 3.63) is 78.1 Å². The van der Waals surface area contributed by atoms with E-state index < -0.39 is 18.5 Å². The Morgan fingerprint density at radius 3 is 2.58 bits per heavy atom. The van der Waals surface area contributed by atoms with Crippen molar-refractivity contribution in [3.63, 3.8) is 0 Å². The second-order valence-corrected chi connectivity index (χ2v) is 7.97. The Labute approximate surface area is 206 Å². The molecule has 0 aliphatic heterocycles. The maximum absolute atomic E-state index is 12.7. The van der Waals surface area contributed by atoms with Crippen molar-refractivity contribution in [1.82, 2.24) is 25.1 Å². The first-order valence-electron chi connectivity index (χ1n) is 11.0. The fourth-order valence-corrected chi connectivity index (χ4v) is 3.54. The van der Waals surface area contributed by atoms with Crippen molar-refractivity contribution in [2.75, 3.05) is 26.1 Å². The molecule has 4 rings (SSSR count). The van der Waals surface area contributed by atoms with Crippen molar-refractivity contribution in [2.45, 2.75) is 13.1 Å². The predicted octanol–water partition coefficient (Wildman–Crippen LogP) is 2.29. The van der Waals surface area contributed by atoms with E-state index in [1.54, 1.807) is 32.4 Å². The number of methoxy groups -OCH3 is 1. The van der Waals surface area contributed by atoms with Crippen molar-refractivity contribution >= 4 is 34.2 Å². The number of nitrogens with zero attached hydrogens (tertiary/aromatic N) is 5. The minimum atomic E-state index is -0.727. The monoisotopic (exact) mass is 488 g/mol. The van der Waals surface area contributed by atoms with Crippen LogP contribution in [-0.2, 0) is 27.4 Å². The molecule has 0 saturated heterocycles. The third kappa shape index (κ3) is 6.00. The summed E-state index contributed by atoms with van der Waals surface area (Å²) in [4.78, 5) is 39.0. The Hall–Kier alpha value is -4.80. The molecule has 0 fully saturated rings. The third-order valence-corrected chi connectivity index (χ3v) is 5.40. The van der Waals surface area contributed by atoms with Gasteiger partial charge in [0.1, 0.15) is 18.6 Å². The SMILES string of the molecule is COc1ccc2cc(CN(C)C(=O)COC(=O)c3ccccc3NC(=O)Cn3cnnn3)ccc2c1. The summed E-state index contributed by atoms with van der Waals surface area (Å²) in [6, 6.07) is 18.1. The summed E-state index contributed by atoms with van der Waals surface area (Å²) in [7, 11) is 3.26. The number of benzene rings is 3. The van der Waals surface area contributed by atoms with Gasteiger partial charge in [-0.15, -0.1) is 5.10 Å². The smallest absolute Gasteiger partial charge is 0.340 e. The Morgan fingerprint density at radius 2 is 1.81 bits per heavy atom. The molecule has 0 aliphatic carbocycles. The second-order valence-electron chi connectivity index (χ2n) is 7.97. The van der Waals surface area contributed by atoms with Crippen molar-refractivity contribution in [1.29, 1.82) is 0 Å². The van der Waals surface area contributed by atoms with E-state index in [1.165, 1.54) is 22.0 Å². The van der Waals surface area contributed by atoms with Crippen LogP contribution < -0.4 is 10.1 Å². The van der Waals surface area contributed by atoms with E-state index in [0.29, 0.717) is 6.54 Å². The lowest BCUT2D eigenvalue weighted by Crippen LogP contribution is -2.31. The summed E-state index contributed by atoms with van der Waals surface area (Å²) in [5.41, 5.74) is 1.32.